The molecule has 0 aromatic heterocycles. The molecule has 2 aliphatic rings. The summed E-state index contributed by atoms with van der Waals surface area (Å²) in [6.45, 7) is 16.8. The molecule has 0 bridgehead atoms. The molecule has 0 spiro atoms. The zero-order valence-corrected chi connectivity index (χ0v) is 18.2. The van der Waals surface area contributed by atoms with E-state index in [2.05, 4.69) is 79.7 Å². The fourth-order valence-corrected chi connectivity index (χ4v) is 3.60. The van der Waals surface area contributed by atoms with Crippen molar-refractivity contribution in [3.05, 3.63) is 35.9 Å². The predicted octanol–water partition coefficient (Wildman–Crippen LogP) is 4.78. The molecule has 0 radical (unpaired) electrons. The van der Waals surface area contributed by atoms with E-state index < -0.39 is 0 Å². The molecule has 2 fully saturated rings. The van der Waals surface area contributed by atoms with Crippen LogP contribution in [-0.2, 0) is 25.0 Å². The number of hydrogen-bond donors (Lipinski definition) is 0. The van der Waals surface area contributed by atoms with Crippen molar-refractivity contribution in [1.82, 2.24) is 0 Å². The maximum atomic E-state index is 6.38. The Morgan fingerprint density at radius 1 is 0.704 bits per heavy atom. The van der Waals surface area contributed by atoms with Gasteiger partial charge in [0.05, 0.1) is 22.4 Å². The summed E-state index contributed by atoms with van der Waals surface area (Å²) in [5.74, 6) is 0.142. The Labute approximate surface area is 165 Å². The van der Waals surface area contributed by atoms with E-state index in [1.54, 1.807) is 0 Å². The van der Waals surface area contributed by atoms with Crippen molar-refractivity contribution in [2.75, 3.05) is 0 Å². The summed E-state index contributed by atoms with van der Waals surface area (Å²) in [5.41, 5.74) is -0.0744. The van der Waals surface area contributed by atoms with Crippen LogP contribution in [0.1, 0.15) is 61.0 Å². The second-order valence-corrected chi connectivity index (χ2v) is 10.00. The maximum Gasteiger partial charge on any atom is 0.460 e. The van der Waals surface area contributed by atoms with E-state index in [4.69, 9.17) is 18.6 Å². The van der Waals surface area contributed by atoms with Gasteiger partial charge in [0.1, 0.15) is 0 Å². The molecule has 0 unspecified atom stereocenters. The van der Waals surface area contributed by atoms with Gasteiger partial charge in [-0.1, -0.05) is 30.3 Å². The number of benzene rings is 1. The van der Waals surface area contributed by atoms with Gasteiger partial charge in [-0.05, 0) is 79.5 Å². The largest absolute Gasteiger partial charge is 0.460 e. The SMILES string of the molecule is CC1(C)OB(C[C@@H](Cc2ccccc2)B2OC(C)(C)C(C)(C)O2)OC1(C)C. The molecule has 4 nitrogen and oxygen atoms in total. The van der Waals surface area contributed by atoms with Crippen molar-refractivity contribution in [2.45, 2.75) is 96.4 Å². The van der Waals surface area contributed by atoms with E-state index in [1.807, 2.05) is 6.07 Å². The van der Waals surface area contributed by atoms with Gasteiger partial charge < -0.3 is 18.6 Å². The van der Waals surface area contributed by atoms with Crippen LogP contribution in [0.4, 0.5) is 0 Å². The first-order valence-corrected chi connectivity index (χ1v) is 10.1. The van der Waals surface area contributed by atoms with Gasteiger partial charge in [-0.15, -0.1) is 0 Å². The smallest absolute Gasteiger partial charge is 0.403 e. The van der Waals surface area contributed by atoms with Gasteiger partial charge in [0.15, 0.2) is 0 Å². The number of hydrogen-bond acceptors (Lipinski definition) is 4. The van der Waals surface area contributed by atoms with E-state index in [1.165, 1.54) is 5.56 Å². The van der Waals surface area contributed by atoms with Crippen LogP contribution in [0.5, 0.6) is 0 Å². The van der Waals surface area contributed by atoms with E-state index in [9.17, 15) is 0 Å². The van der Waals surface area contributed by atoms with Crippen LogP contribution in [-0.4, -0.2) is 36.6 Å². The zero-order chi connectivity index (χ0) is 20.1. The molecule has 148 valence electrons. The monoisotopic (exact) mass is 372 g/mol. The molecule has 3 rings (SSSR count). The van der Waals surface area contributed by atoms with E-state index in [0.717, 1.165) is 12.7 Å². The second-order valence-electron chi connectivity index (χ2n) is 10.00. The molecule has 0 N–H and O–H groups in total. The highest BCUT2D eigenvalue weighted by molar-refractivity contribution is 6.53. The van der Waals surface area contributed by atoms with Gasteiger partial charge >= 0.3 is 14.2 Å². The Balaban J connectivity index is 1.79. The van der Waals surface area contributed by atoms with E-state index >= 15 is 0 Å². The fraction of sp³-hybridized carbons (Fsp3) is 0.714. The zero-order valence-electron chi connectivity index (χ0n) is 18.2. The van der Waals surface area contributed by atoms with Crippen LogP contribution in [0.25, 0.3) is 0 Å². The summed E-state index contributed by atoms with van der Waals surface area (Å²) in [6.07, 6.45) is 1.60. The summed E-state index contributed by atoms with van der Waals surface area (Å²) in [6, 6.07) is 10.5. The van der Waals surface area contributed by atoms with Crippen LogP contribution in [0.15, 0.2) is 30.3 Å². The van der Waals surface area contributed by atoms with Crippen molar-refractivity contribution in [3.8, 4) is 0 Å². The highest BCUT2D eigenvalue weighted by atomic mass is 16.7. The Bertz CT molecular complexity index is 625. The normalized spacial score (nSPS) is 26.4. The lowest BCUT2D eigenvalue weighted by Crippen LogP contribution is -2.41. The summed E-state index contributed by atoms with van der Waals surface area (Å²) >= 11 is 0. The van der Waals surface area contributed by atoms with Crippen molar-refractivity contribution in [3.63, 3.8) is 0 Å². The van der Waals surface area contributed by atoms with Crippen LogP contribution >= 0.6 is 0 Å². The predicted molar refractivity (Wildman–Crippen MR) is 111 cm³/mol. The third-order valence-corrected chi connectivity index (χ3v) is 6.79. The quantitative estimate of drug-likeness (QED) is 0.697. The minimum Gasteiger partial charge on any atom is -0.403 e. The first-order chi connectivity index (χ1) is 12.3. The van der Waals surface area contributed by atoms with Crippen LogP contribution in [0.2, 0.25) is 12.1 Å². The second kappa shape index (κ2) is 6.91. The molecular weight excluding hydrogens is 338 g/mol. The van der Waals surface area contributed by atoms with Gasteiger partial charge in [-0.25, -0.2) is 0 Å². The molecule has 2 heterocycles. The molecule has 0 saturated carbocycles. The van der Waals surface area contributed by atoms with Gasteiger partial charge in [-0.2, -0.15) is 0 Å². The highest BCUT2D eigenvalue weighted by Gasteiger charge is 2.56. The minimum atomic E-state index is -0.345. The van der Waals surface area contributed by atoms with Crippen LogP contribution in [0.3, 0.4) is 0 Å². The molecular formula is C21H34B2O4. The lowest BCUT2D eigenvalue weighted by molar-refractivity contribution is 0.00578. The topological polar surface area (TPSA) is 36.9 Å². The third kappa shape index (κ3) is 4.14. The molecule has 1 aromatic rings. The van der Waals surface area contributed by atoms with Crippen molar-refractivity contribution in [2.24, 2.45) is 0 Å². The molecule has 6 heteroatoms. The van der Waals surface area contributed by atoms with E-state index in [-0.39, 0.29) is 42.5 Å². The molecule has 1 aromatic carbocycles. The lowest BCUT2D eigenvalue weighted by atomic mass is 9.59. The summed E-state index contributed by atoms with van der Waals surface area (Å²) in [4.78, 5) is 0. The fourth-order valence-electron chi connectivity index (χ4n) is 3.60. The lowest BCUT2D eigenvalue weighted by Gasteiger charge is -2.32. The maximum absolute atomic E-state index is 6.38. The van der Waals surface area contributed by atoms with Gasteiger partial charge in [0.2, 0.25) is 0 Å². The Morgan fingerprint density at radius 3 is 1.63 bits per heavy atom. The van der Waals surface area contributed by atoms with Gasteiger partial charge in [-0.3, -0.25) is 0 Å². The Morgan fingerprint density at radius 2 is 1.15 bits per heavy atom. The molecule has 2 aliphatic heterocycles. The Hall–Kier alpha value is -0.810. The standard InChI is InChI=1S/C21H34B2O4/c1-18(2)19(3,4)25-22(24-18)15-17(14-16-12-10-9-11-13-16)23-26-20(5,6)21(7,8)27-23/h9-13,17H,14-15H2,1-8H3/t17-/m1/s1. The average Bonchev–Trinajstić information content (AvgIpc) is 2.87. The van der Waals surface area contributed by atoms with Gasteiger partial charge in [0, 0.05) is 0 Å². The molecule has 2 saturated heterocycles. The first-order valence-electron chi connectivity index (χ1n) is 10.1. The number of rotatable bonds is 5. The van der Waals surface area contributed by atoms with E-state index in [0.29, 0.717) is 0 Å². The third-order valence-electron chi connectivity index (χ3n) is 6.79. The average molecular weight is 372 g/mol. The van der Waals surface area contributed by atoms with Crippen LogP contribution < -0.4 is 0 Å². The molecule has 0 amide bonds. The summed E-state index contributed by atoms with van der Waals surface area (Å²) < 4.78 is 25.3. The Kier molecular flexibility index (Phi) is 5.35. The van der Waals surface area contributed by atoms with Crippen molar-refractivity contribution < 1.29 is 18.6 Å². The summed E-state index contributed by atoms with van der Waals surface area (Å²) in [5, 5.41) is 0. The summed E-state index contributed by atoms with van der Waals surface area (Å²) in [7, 11) is -0.544. The molecule has 27 heavy (non-hydrogen) atoms. The van der Waals surface area contributed by atoms with Crippen LogP contribution in [0, 0.1) is 0 Å². The van der Waals surface area contributed by atoms with Crippen molar-refractivity contribution in [1.29, 1.82) is 0 Å². The molecule has 1 atom stereocenters. The minimum absolute atomic E-state index is 0.142. The highest BCUT2D eigenvalue weighted by Crippen LogP contribution is 2.44. The first kappa shape index (κ1) is 20.9. The molecule has 0 aliphatic carbocycles. The van der Waals surface area contributed by atoms with Gasteiger partial charge in [0.25, 0.3) is 0 Å². The van der Waals surface area contributed by atoms with Crippen molar-refractivity contribution >= 4 is 14.2 Å².